The van der Waals surface area contributed by atoms with Crippen LogP contribution in [0.5, 0.6) is 5.75 Å². The molecule has 3 rings (SSSR count). The molecule has 20 heavy (non-hydrogen) atoms. The molecule has 0 amide bonds. The maximum Gasteiger partial charge on any atom is 0.129 e. The number of halogens is 3. The SMILES string of the molecule is Fc1cccc(F)c1CC(Br)c1ccc2c(c1)CCO2. The highest BCUT2D eigenvalue weighted by molar-refractivity contribution is 9.09. The van der Waals surface area contributed by atoms with Crippen molar-refractivity contribution in [1.29, 1.82) is 0 Å². The summed E-state index contributed by atoms with van der Waals surface area (Å²) in [5, 5.41) is 0. The Hall–Kier alpha value is -1.42. The molecule has 1 aliphatic rings. The van der Waals surface area contributed by atoms with E-state index in [4.69, 9.17) is 4.74 Å². The van der Waals surface area contributed by atoms with Gasteiger partial charge in [-0.1, -0.05) is 34.1 Å². The molecule has 1 unspecified atom stereocenters. The van der Waals surface area contributed by atoms with Crippen molar-refractivity contribution < 1.29 is 13.5 Å². The maximum absolute atomic E-state index is 13.7. The molecule has 0 aliphatic carbocycles. The minimum atomic E-state index is -0.501. The van der Waals surface area contributed by atoms with Crippen LogP contribution >= 0.6 is 15.9 Å². The van der Waals surface area contributed by atoms with Crippen molar-refractivity contribution >= 4 is 15.9 Å². The van der Waals surface area contributed by atoms with Crippen molar-refractivity contribution in [3.63, 3.8) is 0 Å². The second-order valence-corrected chi connectivity index (χ2v) is 5.94. The second kappa shape index (κ2) is 5.52. The second-order valence-electron chi connectivity index (χ2n) is 4.84. The van der Waals surface area contributed by atoms with Gasteiger partial charge in [-0.25, -0.2) is 8.78 Å². The Morgan fingerprint density at radius 3 is 2.65 bits per heavy atom. The van der Waals surface area contributed by atoms with E-state index in [2.05, 4.69) is 15.9 Å². The highest BCUT2D eigenvalue weighted by Gasteiger charge is 2.18. The van der Waals surface area contributed by atoms with Gasteiger partial charge in [-0.15, -0.1) is 0 Å². The van der Waals surface area contributed by atoms with Gasteiger partial charge in [0, 0.05) is 16.8 Å². The normalized spacial score (nSPS) is 14.8. The Morgan fingerprint density at radius 1 is 1.15 bits per heavy atom. The van der Waals surface area contributed by atoms with Gasteiger partial charge in [0.05, 0.1) is 6.61 Å². The number of hydrogen-bond acceptors (Lipinski definition) is 1. The van der Waals surface area contributed by atoms with Crippen molar-refractivity contribution in [2.45, 2.75) is 17.7 Å². The number of rotatable bonds is 3. The van der Waals surface area contributed by atoms with Crippen LogP contribution in [0.2, 0.25) is 0 Å². The molecule has 0 spiro atoms. The molecule has 1 heterocycles. The largest absolute Gasteiger partial charge is 0.493 e. The van der Waals surface area contributed by atoms with Gasteiger partial charge in [0.15, 0.2) is 0 Å². The Labute approximate surface area is 124 Å². The minimum Gasteiger partial charge on any atom is -0.493 e. The van der Waals surface area contributed by atoms with Crippen LogP contribution in [0.3, 0.4) is 0 Å². The number of hydrogen-bond donors (Lipinski definition) is 0. The summed E-state index contributed by atoms with van der Waals surface area (Å²) in [5.74, 6) is -0.0941. The maximum atomic E-state index is 13.7. The zero-order valence-electron chi connectivity index (χ0n) is 10.7. The average molecular weight is 339 g/mol. The van der Waals surface area contributed by atoms with E-state index in [9.17, 15) is 8.78 Å². The quantitative estimate of drug-likeness (QED) is 0.744. The molecule has 104 valence electrons. The number of fused-ring (bicyclic) bond motifs is 1. The summed E-state index contributed by atoms with van der Waals surface area (Å²) in [6.45, 7) is 0.702. The number of benzene rings is 2. The summed E-state index contributed by atoms with van der Waals surface area (Å²) in [6, 6.07) is 9.85. The van der Waals surface area contributed by atoms with E-state index >= 15 is 0 Å². The molecule has 1 atom stereocenters. The standard InChI is InChI=1S/C16H13BrF2O/c17-13(9-12-14(18)2-1-3-15(12)19)10-4-5-16-11(8-10)6-7-20-16/h1-5,8,13H,6-7,9H2. The predicted octanol–water partition coefficient (Wildman–Crippen LogP) is 4.58. The smallest absolute Gasteiger partial charge is 0.129 e. The van der Waals surface area contributed by atoms with Crippen LogP contribution in [-0.4, -0.2) is 6.61 Å². The van der Waals surface area contributed by atoms with Crippen molar-refractivity contribution in [3.8, 4) is 5.75 Å². The molecule has 0 radical (unpaired) electrons. The number of ether oxygens (including phenoxy) is 1. The van der Waals surface area contributed by atoms with E-state index in [1.165, 1.54) is 18.2 Å². The molecule has 2 aromatic rings. The van der Waals surface area contributed by atoms with Crippen LogP contribution < -0.4 is 4.74 Å². The third-order valence-corrected chi connectivity index (χ3v) is 4.37. The third kappa shape index (κ3) is 2.57. The van der Waals surface area contributed by atoms with Crippen molar-refractivity contribution in [2.75, 3.05) is 6.61 Å². The van der Waals surface area contributed by atoms with Crippen LogP contribution in [0.1, 0.15) is 21.5 Å². The Morgan fingerprint density at radius 2 is 1.90 bits per heavy atom. The Balaban J connectivity index is 1.84. The summed E-state index contributed by atoms with van der Waals surface area (Å²) in [7, 11) is 0. The molecular formula is C16H13BrF2O. The van der Waals surface area contributed by atoms with Crippen LogP contribution in [0.4, 0.5) is 8.78 Å². The van der Waals surface area contributed by atoms with Gasteiger partial charge in [0.25, 0.3) is 0 Å². The molecule has 0 saturated heterocycles. The summed E-state index contributed by atoms with van der Waals surface area (Å²) in [6.07, 6.45) is 1.16. The highest BCUT2D eigenvalue weighted by atomic mass is 79.9. The van der Waals surface area contributed by atoms with Gasteiger partial charge in [-0.05, 0) is 35.7 Å². The van der Waals surface area contributed by atoms with E-state index < -0.39 is 11.6 Å². The topological polar surface area (TPSA) is 9.23 Å². The van der Waals surface area contributed by atoms with Gasteiger partial charge in [0.2, 0.25) is 0 Å². The Kier molecular flexibility index (Phi) is 3.74. The van der Waals surface area contributed by atoms with Gasteiger partial charge in [-0.3, -0.25) is 0 Å². The van der Waals surface area contributed by atoms with E-state index in [-0.39, 0.29) is 16.8 Å². The lowest BCUT2D eigenvalue weighted by Gasteiger charge is -2.13. The Bertz CT molecular complexity index is 622. The van der Waals surface area contributed by atoms with E-state index in [1.54, 1.807) is 0 Å². The molecule has 0 bridgehead atoms. The molecule has 0 aromatic heterocycles. The zero-order valence-corrected chi connectivity index (χ0v) is 12.3. The van der Waals surface area contributed by atoms with Gasteiger partial charge >= 0.3 is 0 Å². The lowest BCUT2D eigenvalue weighted by molar-refractivity contribution is 0.357. The van der Waals surface area contributed by atoms with E-state index in [0.29, 0.717) is 6.61 Å². The number of alkyl halides is 1. The van der Waals surface area contributed by atoms with Gasteiger partial charge in [-0.2, -0.15) is 0 Å². The van der Waals surface area contributed by atoms with Crippen molar-refractivity contribution in [1.82, 2.24) is 0 Å². The monoisotopic (exact) mass is 338 g/mol. The summed E-state index contributed by atoms with van der Waals surface area (Å²) < 4.78 is 32.8. The summed E-state index contributed by atoms with van der Waals surface area (Å²) in [5.41, 5.74) is 2.28. The van der Waals surface area contributed by atoms with Crippen molar-refractivity contribution in [3.05, 3.63) is 64.7 Å². The van der Waals surface area contributed by atoms with Crippen LogP contribution in [0.25, 0.3) is 0 Å². The first-order valence-corrected chi connectivity index (χ1v) is 7.39. The molecular weight excluding hydrogens is 326 g/mol. The van der Waals surface area contributed by atoms with Crippen LogP contribution in [0.15, 0.2) is 36.4 Å². The highest BCUT2D eigenvalue weighted by Crippen LogP contribution is 2.33. The molecule has 4 heteroatoms. The fourth-order valence-corrected chi connectivity index (χ4v) is 3.03. The first kappa shape index (κ1) is 13.6. The van der Waals surface area contributed by atoms with Crippen LogP contribution in [0, 0.1) is 11.6 Å². The van der Waals surface area contributed by atoms with Gasteiger partial charge in [0.1, 0.15) is 17.4 Å². The van der Waals surface area contributed by atoms with Crippen LogP contribution in [-0.2, 0) is 12.8 Å². The van der Waals surface area contributed by atoms with Crippen molar-refractivity contribution in [2.24, 2.45) is 0 Å². The first-order valence-electron chi connectivity index (χ1n) is 6.48. The molecule has 1 nitrogen and oxygen atoms in total. The lowest BCUT2D eigenvalue weighted by Crippen LogP contribution is -2.01. The zero-order chi connectivity index (χ0) is 14.1. The minimum absolute atomic E-state index is 0.117. The molecule has 2 aromatic carbocycles. The molecule has 1 aliphatic heterocycles. The third-order valence-electron chi connectivity index (χ3n) is 3.52. The molecule has 0 saturated carbocycles. The van der Waals surface area contributed by atoms with E-state index in [1.807, 2.05) is 18.2 Å². The van der Waals surface area contributed by atoms with Gasteiger partial charge < -0.3 is 4.74 Å². The summed E-state index contributed by atoms with van der Waals surface area (Å²) in [4.78, 5) is -0.125. The fourth-order valence-electron chi connectivity index (χ4n) is 2.43. The first-order chi connectivity index (χ1) is 9.65. The molecule has 0 N–H and O–H groups in total. The fraction of sp³-hybridized carbons (Fsp3) is 0.250. The predicted molar refractivity (Wildman–Crippen MR) is 77.4 cm³/mol. The van der Waals surface area contributed by atoms with E-state index in [0.717, 1.165) is 23.3 Å². The molecule has 0 fully saturated rings. The summed E-state index contributed by atoms with van der Waals surface area (Å²) >= 11 is 3.53. The average Bonchev–Trinajstić information content (AvgIpc) is 2.90. The lowest BCUT2D eigenvalue weighted by atomic mass is 10.0.